The molecule has 0 radical (unpaired) electrons. The summed E-state index contributed by atoms with van der Waals surface area (Å²) in [4.78, 5) is 3.98. The zero-order valence-electron chi connectivity index (χ0n) is 45.7. The van der Waals surface area contributed by atoms with E-state index in [9.17, 15) is 83.3 Å². The third-order valence-electron chi connectivity index (χ3n) is 14.5. The van der Waals surface area contributed by atoms with E-state index >= 15 is 0 Å². The van der Waals surface area contributed by atoms with E-state index < -0.39 is 47.0 Å². The van der Waals surface area contributed by atoms with Crippen LogP contribution in [0.25, 0.3) is 22.3 Å². The number of aryl methyl sites for hydroxylation is 4. The quantitative estimate of drug-likeness (QED) is 0.0394. The van der Waals surface area contributed by atoms with Gasteiger partial charge in [0.15, 0.2) is 0 Å². The molecule has 0 fully saturated rings. The topological polar surface area (TPSA) is 128 Å². The molecule has 0 spiro atoms. The molecule has 0 saturated heterocycles. The third kappa shape index (κ3) is 14.2. The van der Waals surface area contributed by atoms with Gasteiger partial charge in [-0.1, -0.05) is 125 Å². The highest BCUT2D eigenvalue weighted by Gasteiger charge is 2.72. The lowest BCUT2D eigenvalue weighted by Gasteiger charge is -2.33. The minimum atomic E-state index is -5.96. The Labute approximate surface area is 463 Å². The summed E-state index contributed by atoms with van der Waals surface area (Å²) in [5.41, 5.74) is -2.06. The third-order valence-corrected chi connectivity index (χ3v) is 14.5. The van der Waals surface area contributed by atoms with Crippen molar-refractivity contribution in [2.24, 2.45) is 0 Å². The number of nitrogens with zero attached hydrogens (tertiary/aromatic N) is 2. The molecule has 6 aromatic rings. The van der Waals surface area contributed by atoms with Crippen LogP contribution in [0.1, 0.15) is 114 Å². The highest BCUT2D eigenvalue weighted by atomic mass is 19.4. The molecular weight excluding hydrogens is 1080 g/mol. The molecule has 0 bridgehead atoms. The van der Waals surface area contributed by atoms with Gasteiger partial charge in [0.1, 0.15) is 0 Å². The van der Waals surface area contributed by atoms with Gasteiger partial charge < -0.3 is 40.4 Å². The molecule has 6 aromatic carbocycles. The van der Waals surface area contributed by atoms with Crippen LogP contribution < -0.4 is 9.80 Å². The predicted molar refractivity (Wildman–Crippen MR) is 288 cm³/mol. The van der Waals surface area contributed by atoms with Gasteiger partial charge in [-0.25, -0.2) is 0 Å². The molecule has 81 heavy (non-hydrogen) atoms. The van der Waals surface area contributed by atoms with Crippen molar-refractivity contribution in [1.29, 1.82) is 0 Å². The first-order valence-corrected chi connectivity index (χ1v) is 26.3. The highest BCUT2D eigenvalue weighted by Crippen LogP contribution is 2.52. The van der Waals surface area contributed by atoms with Gasteiger partial charge in [-0.2, -0.15) is 52.7 Å². The molecule has 0 unspecified atom stereocenters. The lowest BCUT2D eigenvalue weighted by Crippen LogP contribution is -2.54. The molecule has 0 amide bonds. The summed E-state index contributed by atoms with van der Waals surface area (Å²) in [7, 11) is 1.84. The number of halogens is 12. The van der Waals surface area contributed by atoms with Crippen LogP contribution in [0.2, 0.25) is 0 Å². The van der Waals surface area contributed by atoms with Gasteiger partial charge in [-0.05, 0) is 135 Å². The maximum Gasteiger partial charge on any atom is 0.430 e. The van der Waals surface area contributed by atoms with Crippen LogP contribution in [-0.2, 0) is 76.4 Å². The van der Waals surface area contributed by atoms with Crippen molar-refractivity contribution in [3.8, 4) is 22.3 Å². The van der Waals surface area contributed by atoms with Crippen LogP contribution in [-0.4, -0.2) is 68.9 Å². The highest BCUT2D eigenvalue weighted by molar-refractivity contribution is 5.77. The molecule has 8 nitrogen and oxygen atoms in total. The zero-order chi connectivity index (χ0) is 60.5. The van der Waals surface area contributed by atoms with Crippen LogP contribution in [0.5, 0.6) is 0 Å². The van der Waals surface area contributed by atoms with Gasteiger partial charge in [-0.15, -0.1) is 0 Å². The van der Waals surface area contributed by atoms with E-state index in [4.69, 9.17) is 0 Å². The molecule has 0 aliphatic rings. The summed E-state index contributed by atoms with van der Waals surface area (Å²) in [5, 5.41) is 58.1. The van der Waals surface area contributed by atoms with E-state index in [1.54, 1.807) is 32.0 Å². The number of rotatable bonds is 21. The summed E-state index contributed by atoms with van der Waals surface area (Å²) in [6, 6.07) is 27.6. The van der Waals surface area contributed by atoms with Crippen molar-refractivity contribution in [3.63, 3.8) is 0 Å². The summed E-state index contributed by atoms with van der Waals surface area (Å²) in [6.07, 6.45) is -21.3. The number of aliphatic hydroxyl groups is 6. The van der Waals surface area contributed by atoms with E-state index in [1.807, 2.05) is 87.3 Å². The van der Waals surface area contributed by atoms with Crippen molar-refractivity contribution in [2.45, 2.75) is 149 Å². The van der Waals surface area contributed by atoms with E-state index in [1.165, 1.54) is 12.1 Å². The van der Waals surface area contributed by atoms with Gasteiger partial charge in [0.05, 0.1) is 26.4 Å². The first-order valence-electron chi connectivity index (χ1n) is 26.3. The largest absolute Gasteiger partial charge is 0.430 e. The SMILES string of the molecule is CCCc1cc(C(O)(C(F)(F)F)C(F)(F)F)ccc1-c1cc(N(C)Cc2ccc(CO)c(CO)c2)ccc1CC.CCCc1cc(C(O)(C(F)(F)F)C(F)(F)F)ccc1-c1cc(N(CC)Cc2ccc(CO)c(CO)c2)ccc1CC. The van der Waals surface area contributed by atoms with Gasteiger partial charge in [0.2, 0.25) is 0 Å². The number of anilines is 2. The van der Waals surface area contributed by atoms with Gasteiger partial charge in [0, 0.05) is 49.2 Å². The average Bonchev–Trinajstić information content (AvgIpc) is 3.46. The summed E-state index contributed by atoms with van der Waals surface area (Å²) < 4.78 is 163. The standard InChI is InChI=1S/C31H35F6NO3.C30H33F6NO3/c1-4-7-22-15-25(29(41,30(32,33)34)31(35,36)37)11-13-27(22)28-16-26(12-10-21(28)5-2)38(6-3)17-20-8-9-23(18-39)24(14-20)19-40;1-4-6-21-14-24(28(40,29(31,32)33)30(34,35)36)10-12-26(21)27-15-25(11-9-20(27)5-2)37(3)16-19-7-8-22(17-38)23(13-19)18-39/h8-16,39-41H,4-7,17-19H2,1-3H3;7-15,38-40H,4-6,16-18H2,1-3H3. The molecule has 6 N–H and O–H groups in total. The molecule has 0 atom stereocenters. The van der Waals surface area contributed by atoms with E-state index in [-0.39, 0.29) is 50.4 Å². The fraction of sp³-hybridized carbons (Fsp3) is 0.410. The summed E-state index contributed by atoms with van der Waals surface area (Å²) >= 11 is 0. The Morgan fingerprint density at radius 1 is 0.370 bits per heavy atom. The van der Waals surface area contributed by atoms with Gasteiger partial charge in [0.25, 0.3) is 11.2 Å². The van der Waals surface area contributed by atoms with Crippen LogP contribution >= 0.6 is 0 Å². The van der Waals surface area contributed by atoms with Crippen molar-refractivity contribution in [1.82, 2.24) is 0 Å². The van der Waals surface area contributed by atoms with Crippen LogP contribution in [0.3, 0.4) is 0 Å². The molecular formula is C61H68F12N2O6. The van der Waals surface area contributed by atoms with E-state index in [0.29, 0.717) is 102 Å². The molecule has 0 aliphatic carbocycles. The number of aliphatic hydroxyl groups excluding tert-OH is 4. The first kappa shape index (κ1) is 65.6. The fourth-order valence-electron chi connectivity index (χ4n) is 9.90. The second-order valence-corrected chi connectivity index (χ2v) is 19.8. The molecule has 0 aliphatic heterocycles. The number of hydrogen-bond acceptors (Lipinski definition) is 8. The Kier molecular flexibility index (Phi) is 21.7. The van der Waals surface area contributed by atoms with Crippen molar-refractivity contribution in [2.75, 3.05) is 23.4 Å². The average molecular weight is 1150 g/mol. The maximum atomic E-state index is 13.6. The molecule has 0 saturated carbocycles. The first-order chi connectivity index (χ1) is 38.0. The minimum absolute atomic E-state index is 0.197. The van der Waals surface area contributed by atoms with Crippen molar-refractivity contribution >= 4 is 11.4 Å². The number of hydrogen-bond donors (Lipinski definition) is 6. The number of alkyl halides is 12. The Morgan fingerprint density at radius 3 is 1.07 bits per heavy atom. The molecule has 0 aromatic heterocycles. The minimum Gasteiger partial charge on any atom is -0.392 e. The lowest BCUT2D eigenvalue weighted by molar-refractivity contribution is -0.376. The van der Waals surface area contributed by atoms with Crippen molar-refractivity contribution in [3.05, 3.63) is 176 Å². The Balaban J connectivity index is 0.000000297. The summed E-state index contributed by atoms with van der Waals surface area (Å²) in [6.45, 7) is 9.96. The van der Waals surface area contributed by atoms with E-state index in [2.05, 4.69) is 4.90 Å². The van der Waals surface area contributed by atoms with Crippen LogP contribution in [0.15, 0.2) is 109 Å². The molecule has 442 valence electrons. The second-order valence-electron chi connectivity index (χ2n) is 19.8. The van der Waals surface area contributed by atoms with E-state index in [0.717, 1.165) is 45.8 Å². The monoisotopic (exact) mass is 1150 g/mol. The van der Waals surface area contributed by atoms with Gasteiger partial charge >= 0.3 is 24.7 Å². The molecule has 20 heteroatoms. The summed E-state index contributed by atoms with van der Waals surface area (Å²) in [5.74, 6) is 0. The van der Waals surface area contributed by atoms with Crippen molar-refractivity contribution < 1.29 is 83.3 Å². The fourth-order valence-corrected chi connectivity index (χ4v) is 9.90. The predicted octanol–water partition coefficient (Wildman–Crippen LogP) is 14.0. The number of benzene rings is 6. The maximum absolute atomic E-state index is 13.6. The van der Waals surface area contributed by atoms with Crippen LogP contribution in [0, 0.1) is 0 Å². The Morgan fingerprint density at radius 2 is 0.728 bits per heavy atom. The van der Waals surface area contributed by atoms with Gasteiger partial charge in [-0.3, -0.25) is 0 Å². The Bertz CT molecular complexity index is 3040. The Hall–Kier alpha value is -6.16. The lowest BCUT2D eigenvalue weighted by atomic mass is 9.85. The zero-order valence-corrected chi connectivity index (χ0v) is 45.7. The molecule has 0 heterocycles. The molecule has 6 rings (SSSR count). The smallest absolute Gasteiger partial charge is 0.392 e. The normalized spacial score (nSPS) is 12.6. The second kappa shape index (κ2) is 26.8. The van der Waals surface area contributed by atoms with Crippen LogP contribution in [0.4, 0.5) is 64.1 Å².